The number of benzene rings is 1. The average Bonchev–Trinajstić information content (AvgIpc) is 2.48. The maximum Gasteiger partial charge on any atom is 0.212 e. The van der Waals surface area contributed by atoms with Gasteiger partial charge in [0.15, 0.2) is 0 Å². The number of hydrogen-bond acceptors (Lipinski definition) is 3. The van der Waals surface area contributed by atoms with Gasteiger partial charge in [0.05, 0.1) is 5.75 Å². The van der Waals surface area contributed by atoms with E-state index in [4.69, 9.17) is 11.6 Å². The summed E-state index contributed by atoms with van der Waals surface area (Å²) in [6.45, 7) is 2.15. The minimum absolute atomic E-state index is 0.0175. The fourth-order valence-electron chi connectivity index (χ4n) is 1.80. The summed E-state index contributed by atoms with van der Waals surface area (Å²) in [5.41, 5.74) is 2.58. The number of nitrogens with one attached hydrogen (secondary N) is 1. The van der Waals surface area contributed by atoms with E-state index in [0.717, 1.165) is 16.8 Å². The zero-order chi connectivity index (χ0) is 15.3. The van der Waals surface area contributed by atoms with Gasteiger partial charge in [-0.05, 0) is 36.2 Å². The number of aryl methyl sites for hydroxylation is 2. The zero-order valence-corrected chi connectivity index (χ0v) is 13.3. The second-order valence-corrected chi connectivity index (χ2v) is 7.13. The Labute approximate surface area is 130 Å². The molecule has 6 heteroatoms. The van der Waals surface area contributed by atoms with E-state index in [1.54, 1.807) is 18.3 Å². The van der Waals surface area contributed by atoms with Crippen molar-refractivity contribution in [1.29, 1.82) is 0 Å². The van der Waals surface area contributed by atoms with Crippen LogP contribution >= 0.6 is 11.6 Å². The Hall–Kier alpha value is -1.43. The monoisotopic (exact) mass is 324 g/mol. The van der Waals surface area contributed by atoms with Gasteiger partial charge in [0.1, 0.15) is 0 Å². The highest BCUT2D eigenvalue weighted by Crippen LogP contribution is 2.16. The van der Waals surface area contributed by atoms with Crippen LogP contribution in [0.3, 0.4) is 0 Å². The summed E-state index contributed by atoms with van der Waals surface area (Å²) in [6.07, 6.45) is 2.05. The van der Waals surface area contributed by atoms with Gasteiger partial charge in [0.25, 0.3) is 0 Å². The Balaban J connectivity index is 1.90. The second kappa shape index (κ2) is 7.02. The molecular weight excluding hydrogens is 308 g/mol. The number of halogens is 1. The summed E-state index contributed by atoms with van der Waals surface area (Å²) in [4.78, 5) is 4.11. The fourth-order valence-corrected chi connectivity index (χ4v) is 3.01. The number of nitrogens with zero attached hydrogens (tertiary/aromatic N) is 1. The second-order valence-electron chi connectivity index (χ2n) is 4.79. The quantitative estimate of drug-likeness (QED) is 0.888. The molecule has 1 aromatic heterocycles. The standard InChI is InChI=1S/C15H17ClN2O2S/c1-12-5-6-13(10-15(12)16)11-18-21(19,20)9-7-14-4-2-3-8-17-14/h2-6,8,10,18H,7,9,11H2,1H3. The van der Waals surface area contributed by atoms with Gasteiger partial charge in [-0.1, -0.05) is 29.8 Å². The molecule has 1 N–H and O–H groups in total. The van der Waals surface area contributed by atoms with E-state index in [0.29, 0.717) is 11.4 Å². The number of rotatable bonds is 6. The molecule has 21 heavy (non-hydrogen) atoms. The topological polar surface area (TPSA) is 59.1 Å². The number of hydrogen-bond donors (Lipinski definition) is 1. The Bertz CT molecular complexity index is 703. The van der Waals surface area contributed by atoms with Crippen molar-refractivity contribution in [3.63, 3.8) is 0 Å². The van der Waals surface area contributed by atoms with Crippen LogP contribution in [-0.4, -0.2) is 19.2 Å². The van der Waals surface area contributed by atoms with Crippen molar-refractivity contribution in [2.24, 2.45) is 0 Å². The molecule has 0 amide bonds. The average molecular weight is 325 g/mol. The molecule has 112 valence electrons. The molecule has 0 bridgehead atoms. The highest BCUT2D eigenvalue weighted by molar-refractivity contribution is 7.89. The van der Waals surface area contributed by atoms with E-state index < -0.39 is 10.0 Å². The first-order valence-corrected chi connectivity index (χ1v) is 8.61. The van der Waals surface area contributed by atoms with Crippen molar-refractivity contribution in [2.75, 3.05) is 5.75 Å². The Kier molecular flexibility index (Phi) is 5.33. The maximum atomic E-state index is 12.0. The van der Waals surface area contributed by atoms with Gasteiger partial charge >= 0.3 is 0 Å². The summed E-state index contributed by atoms with van der Waals surface area (Å²) in [5.74, 6) is 0.0175. The van der Waals surface area contributed by atoms with E-state index in [9.17, 15) is 8.42 Å². The van der Waals surface area contributed by atoms with Crippen LogP contribution in [0.5, 0.6) is 0 Å². The molecule has 0 fully saturated rings. The predicted octanol–water partition coefficient (Wildman–Crippen LogP) is 2.71. The Morgan fingerprint density at radius 3 is 2.71 bits per heavy atom. The molecule has 0 spiro atoms. The highest BCUT2D eigenvalue weighted by atomic mass is 35.5. The maximum absolute atomic E-state index is 12.0. The largest absolute Gasteiger partial charge is 0.261 e. The fraction of sp³-hybridized carbons (Fsp3) is 0.267. The smallest absolute Gasteiger partial charge is 0.212 e. The third kappa shape index (κ3) is 5.12. The molecule has 0 aliphatic heterocycles. The van der Waals surface area contributed by atoms with Gasteiger partial charge in [-0.3, -0.25) is 4.98 Å². The lowest BCUT2D eigenvalue weighted by Crippen LogP contribution is -2.27. The molecule has 0 aliphatic rings. The minimum atomic E-state index is -3.33. The van der Waals surface area contributed by atoms with Crippen molar-refractivity contribution in [2.45, 2.75) is 19.9 Å². The lowest BCUT2D eigenvalue weighted by Gasteiger charge is -2.08. The summed E-state index contributed by atoms with van der Waals surface area (Å²) in [7, 11) is -3.33. The van der Waals surface area contributed by atoms with Crippen LogP contribution < -0.4 is 4.72 Å². The lowest BCUT2D eigenvalue weighted by atomic mass is 10.1. The van der Waals surface area contributed by atoms with Gasteiger partial charge in [0, 0.05) is 29.9 Å². The van der Waals surface area contributed by atoms with Crippen molar-refractivity contribution in [1.82, 2.24) is 9.71 Å². The molecule has 0 aliphatic carbocycles. The van der Waals surface area contributed by atoms with Crippen LogP contribution in [0, 0.1) is 6.92 Å². The van der Waals surface area contributed by atoms with Gasteiger partial charge in [-0.2, -0.15) is 0 Å². The third-order valence-corrected chi connectivity index (χ3v) is 4.82. The highest BCUT2D eigenvalue weighted by Gasteiger charge is 2.11. The van der Waals surface area contributed by atoms with Crippen molar-refractivity contribution >= 4 is 21.6 Å². The van der Waals surface area contributed by atoms with Gasteiger partial charge in [-0.25, -0.2) is 13.1 Å². The van der Waals surface area contributed by atoms with E-state index in [1.807, 2.05) is 31.2 Å². The van der Waals surface area contributed by atoms with Crippen LogP contribution in [0.1, 0.15) is 16.8 Å². The third-order valence-electron chi connectivity index (χ3n) is 3.09. The molecule has 0 unspecified atom stereocenters. The molecule has 0 saturated carbocycles. The number of pyridine rings is 1. The van der Waals surface area contributed by atoms with Gasteiger partial charge in [0.2, 0.25) is 10.0 Å². The molecule has 2 rings (SSSR count). The number of aromatic nitrogens is 1. The van der Waals surface area contributed by atoms with Crippen LogP contribution in [-0.2, 0) is 23.0 Å². The molecular formula is C15H17ClN2O2S. The predicted molar refractivity (Wildman–Crippen MR) is 84.8 cm³/mol. The van der Waals surface area contributed by atoms with E-state index in [-0.39, 0.29) is 12.3 Å². The van der Waals surface area contributed by atoms with Gasteiger partial charge in [-0.15, -0.1) is 0 Å². The van der Waals surface area contributed by atoms with Crippen molar-refractivity contribution in [3.8, 4) is 0 Å². The zero-order valence-electron chi connectivity index (χ0n) is 11.7. The first-order valence-electron chi connectivity index (χ1n) is 6.58. The molecule has 1 heterocycles. The van der Waals surface area contributed by atoms with Crippen molar-refractivity contribution < 1.29 is 8.42 Å². The van der Waals surface area contributed by atoms with Crippen LogP contribution in [0.4, 0.5) is 0 Å². The summed E-state index contributed by atoms with van der Waals surface area (Å²) in [5, 5.41) is 0.639. The molecule has 0 radical (unpaired) electrons. The van der Waals surface area contributed by atoms with Crippen LogP contribution in [0.15, 0.2) is 42.6 Å². The molecule has 0 atom stereocenters. The first kappa shape index (κ1) is 15.9. The number of sulfonamides is 1. The molecule has 4 nitrogen and oxygen atoms in total. The molecule has 2 aromatic rings. The normalized spacial score (nSPS) is 11.5. The Morgan fingerprint density at radius 2 is 2.05 bits per heavy atom. The van der Waals surface area contributed by atoms with E-state index >= 15 is 0 Å². The Morgan fingerprint density at radius 1 is 1.24 bits per heavy atom. The lowest BCUT2D eigenvalue weighted by molar-refractivity contribution is 0.580. The SMILES string of the molecule is Cc1ccc(CNS(=O)(=O)CCc2ccccn2)cc1Cl. The summed E-state index contributed by atoms with van der Waals surface area (Å²) >= 11 is 6.02. The van der Waals surface area contributed by atoms with Crippen LogP contribution in [0.25, 0.3) is 0 Å². The summed E-state index contributed by atoms with van der Waals surface area (Å²) < 4.78 is 26.5. The van der Waals surface area contributed by atoms with E-state index in [2.05, 4.69) is 9.71 Å². The van der Waals surface area contributed by atoms with E-state index in [1.165, 1.54) is 0 Å². The molecule has 1 aromatic carbocycles. The van der Waals surface area contributed by atoms with Crippen LogP contribution in [0.2, 0.25) is 5.02 Å². The minimum Gasteiger partial charge on any atom is -0.261 e. The van der Waals surface area contributed by atoms with Gasteiger partial charge < -0.3 is 0 Å². The first-order chi connectivity index (χ1) is 9.96. The summed E-state index contributed by atoms with van der Waals surface area (Å²) in [6, 6.07) is 11.0. The molecule has 0 saturated heterocycles. The van der Waals surface area contributed by atoms with Crippen molar-refractivity contribution in [3.05, 3.63) is 64.4 Å².